The summed E-state index contributed by atoms with van der Waals surface area (Å²) in [4.78, 5) is 17.7. The molecule has 0 spiro atoms. The molecule has 3 aromatic carbocycles. The zero-order valence-corrected chi connectivity index (χ0v) is 30.5. The summed E-state index contributed by atoms with van der Waals surface area (Å²) in [6, 6.07) is 15.9. The molecule has 5 aromatic rings. The van der Waals surface area contributed by atoms with E-state index in [0.29, 0.717) is 44.4 Å². The first-order valence-corrected chi connectivity index (χ1v) is 20.7. The first kappa shape index (κ1) is 35.5. The number of pyridine rings is 1. The van der Waals surface area contributed by atoms with Gasteiger partial charge in [0.2, 0.25) is 5.88 Å². The molecular weight excluding hydrogens is 668 g/mol. The van der Waals surface area contributed by atoms with Crippen LogP contribution in [0.1, 0.15) is 16.7 Å². The maximum Gasteiger partial charge on any atom is 0.424 e. The lowest BCUT2D eigenvalue weighted by Gasteiger charge is -2.28. The van der Waals surface area contributed by atoms with Crippen LogP contribution in [0.4, 0.5) is 14.9 Å². The van der Waals surface area contributed by atoms with E-state index in [-0.39, 0.29) is 41.7 Å². The van der Waals surface area contributed by atoms with Gasteiger partial charge in [-0.25, -0.2) is 9.18 Å². The fourth-order valence-corrected chi connectivity index (χ4v) is 7.12. The maximum atomic E-state index is 14.1. The van der Waals surface area contributed by atoms with E-state index in [2.05, 4.69) is 19.6 Å². The minimum Gasteiger partial charge on any atom is -0.497 e. The SMILES string of the molecule is COc1ccc(COc2c3ncc(Cc4ccc(F)cc4)cc3c(N(C)S(=O)(=O)N(C)C(=O)OCC[Si](C)(C)C)c3cn(C)c(O)c23)cc1. The molecule has 5 rings (SSSR count). The number of halogens is 1. The Bertz CT molecular complexity index is 2100. The molecule has 2 heterocycles. The second-order valence-corrected chi connectivity index (χ2v) is 20.7. The Balaban J connectivity index is 1.65. The van der Waals surface area contributed by atoms with Gasteiger partial charge in [-0.2, -0.15) is 12.7 Å². The molecule has 0 aliphatic carbocycles. The standard InChI is InChI=1S/C35H41FN4O7SSi/c1-38-21-29-30(34(38)41)33(47-22-24-10-14-27(45-4)15-11-24)31-28(19-25(20-37-31)18-23-8-12-26(36)13-9-23)32(29)39(2)48(43,44)40(3)35(42)46-16-17-49(5,6)7/h8-15,19-21,41H,16-18,22H2,1-7H3. The fourth-order valence-electron chi connectivity index (χ4n) is 5.37. The van der Waals surface area contributed by atoms with Crippen molar-refractivity contribution < 1.29 is 36.9 Å². The van der Waals surface area contributed by atoms with Gasteiger partial charge in [-0.3, -0.25) is 9.29 Å². The number of ether oxygens (including phenoxy) is 3. The highest BCUT2D eigenvalue weighted by Gasteiger charge is 2.34. The molecule has 0 saturated heterocycles. The van der Waals surface area contributed by atoms with Crippen LogP contribution in [0.2, 0.25) is 25.7 Å². The Hall–Kier alpha value is -4.82. The van der Waals surface area contributed by atoms with Crippen LogP contribution in [0.5, 0.6) is 17.4 Å². The third-order valence-electron chi connectivity index (χ3n) is 8.25. The summed E-state index contributed by atoms with van der Waals surface area (Å²) in [6.45, 7) is 6.60. The number of hydrogen-bond donors (Lipinski definition) is 1. The molecule has 260 valence electrons. The molecule has 0 unspecified atom stereocenters. The zero-order valence-electron chi connectivity index (χ0n) is 28.7. The monoisotopic (exact) mass is 708 g/mol. The van der Waals surface area contributed by atoms with Crippen molar-refractivity contribution in [2.24, 2.45) is 7.05 Å². The van der Waals surface area contributed by atoms with Crippen molar-refractivity contribution in [1.29, 1.82) is 0 Å². The predicted octanol–water partition coefficient (Wildman–Crippen LogP) is 6.84. The lowest BCUT2D eigenvalue weighted by Crippen LogP contribution is -2.43. The largest absolute Gasteiger partial charge is 0.497 e. The first-order valence-electron chi connectivity index (χ1n) is 15.6. The Morgan fingerprint density at radius 2 is 1.65 bits per heavy atom. The Morgan fingerprint density at radius 3 is 2.29 bits per heavy atom. The van der Waals surface area contributed by atoms with E-state index in [1.54, 1.807) is 44.8 Å². The van der Waals surface area contributed by atoms with Gasteiger partial charge in [-0.15, -0.1) is 0 Å². The van der Waals surface area contributed by atoms with Gasteiger partial charge in [-0.1, -0.05) is 43.9 Å². The van der Waals surface area contributed by atoms with E-state index in [4.69, 9.17) is 19.2 Å². The normalized spacial score (nSPS) is 11.9. The molecule has 49 heavy (non-hydrogen) atoms. The maximum absolute atomic E-state index is 14.1. The van der Waals surface area contributed by atoms with Crippen molar-refractivity contribution in [1.82, 2.24) is 13.9 Å². The van der Waals surface area contributed by atoms with Gasteiger partial charge >= 0.3 is 16.3 Å². The Labute approximate surface area is 286 Å². The number of carbonyl (C=O) groups is 1. The Morgan fingerprint density at radius 1 is 1.00 bits per heavy atom. The van der Waals surface area contributed by atoms with Crippen LogP contribution in [-0.2, 0) is 35.0 Å². The van der Waals surface area contributed by atoms with Crippen LogP contribution in [0.15, 0.2) is 67.0 Å². The summed E-state index contributed by atoms with van der Waals surface area (Å²) < 4.78 is 61.8. The molecule has 0 atom stereocenters. The molecule has 0 bridgehead atoms. The van der Waals surface area contributed by atoms with Crippen LogP contribution in [0, 0.1) is 5.82 Å². The Kier molecular flexibility index (Phi) is 10.1. The van der Waals surface area contributed by atoms with Crippen LogP contribution in [0.3, 0.4) is 0 Å². The van der Waals surface area contributed by atoms with Crippen molar-refractivity contribution in [3.63, 3.8) is 0 Å². The van der Waals surface area contributed by atoms with Crippen molar-refractivity contribution >= 4 is 51.7 Å². The van der Waals surface area contributed by atoms with Crippen molar-refractivity contribution in [2.45, 2.75) is 38.7 Å². The average Bonchev–Trinajstić information content (AvgIpc) is 3.35. The van der Waals surface area contributed by atoms with Gasteiger partial charge in [0.05, 0.1) is 24.8 Å². The predicted molar refractivity (Wildman–Crippen MR) is 191 cm³/mol. The molecule has 11 nitrogen and oxygen atoms in total. The number of aromatic hydroxyl groups is 1. The second-order valence-electron chi connectivity index (χ2n) is 13.1. The molecule has 0 aliphatic heterocycles. The summed E-state index contributed by atoms with van der Waals surface area (Å²) in [7, 11) is -0.357. The number of benzene rings is 3. The summed E-state index contributed by atoms with van der Waals surface area (Å²) >= 11 is 0. The van der Waals surface area contributed by atoms with Gasteiger partial charge in [0.25, 0.3) is 0 Å². The van der Waals surface area contributed by atoms with Crippen LogP contribution < -0.4 is 13.8 Å². The lowest BCUT2D eigenvalue weighted by molar-refractivity contribution is 0.136. The number of hydrogen-bond acceptors (Lipinski definition) is 8. The number of carbonyl (C=O) groups excluding carboxylic acids is 1. The quantitative estimate of drug-likeness (QED) is 0.140. The summed E-state index contributed by atoms with van der Waals surface area (Å²) in [5, 5.41) is 12.3. The van der Waals surface area contributed by atoms with E-state index < -0.39 is 24.4 Å². The second kappa shape index (κ2) is 14.0. The minimum absolute atomic E-state index is 0.106. The highest BCUT2D eigenvalue weighted by molar-refractivity contribution is 7.91. The number of fused-ring (bicyclic) bond motifs is 2. The molecule has 2 aromatic heterocycles. The number of nitrogens with zero attached hydrogens (tertiary/aromatic N) is 4. The minimum atomic E-state index is -4.50. The van der Waals surface area contributed by atoms with Gasteiger partial charge in [-0.05, 0) is 59.5 Å². The summed E-state index contributed by atoms with van der Waals surface area (Å²) in [5.41, 5.74) is 2.82. The summed E-state index contributed by atoms with van der Waals surface area (Å²) in [6.07, 6.45) is 2.61. The molecule has 0 fully saturated rings. The number of anilines is 1. The van der Waals surface area contributed by atoms with Crippen molar-refractivity contribution in [2.75, 3.05) is 32.1 Å². The van der Waals surface area contributed by atoms with Crippen LogP contribution in [-0.4, -0.2) is 69.4 Å². The lowest BCUT2D eigenvalue weighted by atomic mass is 10.0. The average molecular weight is 709 g/mol. The van der Waals surface area contributed by atoms with Gasteiger partial charge < -0.3 is 23.9 Å². The topological polar surface area (TPSA) is 123 Å². The number of methoxy groups -OCH3 is 1. The number of amides is 1. The first-order chi connectivity index (χ1) is 23.1. The molecule has 0 aliphatic rings. The smallest absolute Gasteiger partial charge is 0.424 e. The molecule has 1 N–H and O–H groups in total. The molecule has 1 amide bonds. The van der Waals surface area contributed by atoms with Gasteiger partial charge in [0, 0.05) is 52.4 Å². The highest BCUT2D eigenvalue weighted by Crippen LogP contribution is 2.47. The number of aromatic nitrogens is 2. The molecular formula is C35H41FN4O7SSi. The molecule has 0 saturated carbocycles. The third-order valence-corrected chi connectivity index (χ3v) is 11.7. The van der Waals surface area contributed by atoms with E-state index >= 15 is 0 Å². The van der Waals surface area contributed by atoms with Crippen molar-refractivity contribution in [3.05, 3.63) is 89.5 Å². The van der Waals surface area contributed by atoms with Gasteiger partial charge in [0.15, 0.2) is 5.75 Å². The van der Waals surface area contributed by atoms with Crippen LogP contribution in [0.25, 0.3) is 21.7 Å². The van der Waals surface area contributed by atoms with Crippen molar-refractivity contribution in [3.8, 4) is 17.4 Å². The van der Waals surface area contributed by atoms with Gasteiger partial charge in [0.1, 0.15) is 23.7 Å². The molecule has 0 radical (unpaired) electrons. The fraction of sp³-hybridized carbons (Fsp3) is 0.314. The van der Waals surface area contributed by atoms with E-state index in [9.17, 15) is 22.7 Å². The molecule has 14 heteroatoms. The van der Waals surface area contributed by atoms with E-state index in [1.807, 2.05) is 24.3 Å². The highest BCUT2D eigenvalue weighted by atomic mass is 32.2. The third kappa shape index (κ3) is 7.60. The zero-order chi connectivity index (χ0) is 35.7. The number of aryl methyl sites for hydroxylation is 1. The van der Waals surface area contributed by atoms with Crippen LogP contribution >= 0.6 is 0 Å². The van der Waals surface area contributed by atoms with E-state index in [1.165, 1.54) is 23.7 Å². The summed E-state index contributed by atoms with van der Waals surface area (Å²) in [5.74, 6) is 0.416. The van der Waals surface area contributed by atoms with E-state index in [0.717, 1.165) is 22.5 Å². The number of rotatable bonds is 12.